The van der Waals surface area contributed by atoms with Crippen molar-refractivity contribution in [3.63, 3.8) is 0 Å². The third-order valence-electron chi connectivity index (χ3n) is 2.84. The Kier molecular flexibility index (Phi) is 3.19. The number of halogens is 1. The molecule has 0 bridgehead atoms. The molecule has 0 radical (unpaired) electrons. The lowest BCUT2D eigenvalue weighted by molar-refractivity contribution is 0.783. The number of aromatic nitrogens is 2. The lowest BCUT2D eigenvalue weighted by atomic mass is 10.2. The third-order valence-corrected chi connectivity index (χ3v) is 3.68. The summed E-state index contributed by atoms with van der Waals surface area (Å²) in [6, 6.07) is 4.00. The Balaban J connectivity index is 2.55. The minimum absolute atomic E-state index is 0.780. The van der Waals surface area contributed by atoms with Crippen LogP contribution in [-0.4, -0.2) is 9.38 Å². The smallest absolute Gasteiger partial charge is 0.138 e. The van der Waals surface area contributed by atoms with Gasteiger partial charge in [0.2, 0.25) is 0 Å². The molecule has 0 atom stereocenters. The number of imidazole rings is 1. The fourth-order valence-corrected chi connectivity index (χ4v) is 2.18. The van der Waals surface area contributed by atoms with Crippen LogP contribution in [0.4, 0.5) is 5.82 Å². The molecule has 16 heavy (non-hydrogen) atoms. The average molecular weight is 282 g/mol. The first-order chi connectivity index (χ1) is 7.65. The minimum atomic E-state index is 0.780. The highest BCUT2D eigenvalue weighted by Crippen LogP contribution is 2.23. The van der Waals surface area contributed by atoms with Crippen LogP contribution in [0.15, 0.2) is 16.6 Å². The van der Waals surface area contributed by atoms with Gasteiger partial charge in [-0.25, -0.2) is 4.98 Å². The van der Waals surface area contributed by atoms with Gasteiger partial charge in [-0.05, 0) is 47.8 Å². The van der Waals surface area contributed by atoms with Crippen molar-refractivity contribution in [3.05, 3.63) is 28.0 Å². The molecule has 0 aliphatic carbocycles. The number of nitrogens with two attached hydrogens (primary N) is 1. The van der Waals surface area contributed by atoms with Crippen LogP contribution in [-0.2, 0) is 6.42 Å². The Morgan fingerprint density at radius 2 is 2.19 bits per heavy atom. The van der Waals surface area contributed by atoms with Crippen molar-refractivity contribution >= 4 is 27.4 Å². The summed E-state index contributed by atoms with van der Waals surface area (Å²) >= 11 is 3.51. The van der Waals surface area contributed by atoms with E-state index in [1.807, 2.05) is 23.5 Å². The predicted molar refractivity (Wildman–Crippen MR) is 70.7 cm³/mol. The molecule has 0 aliphatic rings. The topological polar surface area (TPSA) is 43.3 Å². The number of hydrogen-bond donors (Lipinski definition) is 1. The van der Waals surface area contributed by atoms with Crippen molar-refractivity contribution in [2.75, 3.05) is 5.73 Å². The second-order valence-corrected chi connectivity index (χ2v) is 4.86. The molecule has 2 heterocycles. The highest BCUT2D eigenvalue weighted by atomic mass is 79.9. The van der Waals surface area contributed by atoms with Crippen molar-refractivity contribution in [2.45, 2.75) is 33.1 Å². The number of fused-ring (bicyclic) bond motifs is 1. The highest BCUT2D eigenvalue weighted by molar-refractivity contribution is 9.10. The Bertz CT molecular complexity index is 516. The second-order valence-electron chi connectivity index (χ2n) is 4.01. The van der Waals surface area contributed by atoms with Crippen LogP contribution in [0.5, 0.6) is 0 Å². The van der Waals surface area contributed by atoms with Crippen molar-refractivity contribution < 1.29 is 0 Å². The first kappa shape index (κ1) is 11.5. The molecular formula is C12H16BrN3. The highest BCUT2D eigenvalue weighted by Gasteiger charge is 2.11. The van der Waals surface area contributed by atoms with Gasteiger partial charge in [0.15, 0.2) is 0 Å². The number of nitrogen functional groups attached to an aromatic ring is 1. The quantitative estimate of drug-likeness (QED) is 0.938. The van der Waals surface area contributed by atoms with Crippen molar-refractivity contribution in [1.29, 1.82) is 0 Å². The first-order valence-electron chi connectivity index (χ1n) is 5.57. The summed E-state index contributed by atoms with van der Waals surface area (Å²) in [6.45, 7) is 4.21. The molecule has 2 aromatic heterocycles. The van der Waals surface area contributed by atoms with Gasteiger partial charge in [0, 0.05) is 10.2 Å². The molecular weight excluding hydrogens is 266 g/mol. The molecule has 2 aromatic rings. The largest absolute Gasteiger partial charge is 0.383 e. The standard InChI is InChI=1S/C12H16BrN3/c1-3-4-5-10-12(14)16-8(2)9(13)6-7-11(16)15-10/h6-7H,3-5,14H2,1-2H3. The number of anilines is 1. The van der Waals surface area contributed by atoms with Gasteiger partial charge < -0.3 is 5.73 Å². The summed E-state index contributed by atoms with van der Waals surface area (Å²) in [5, 5.41) is 0. The van der Waals surface area contributed by atoms with E-state index in [9.17, 15) is 0 Å². The lowest BCUT2D eigenvalue weighted by Gasteiger charge is -2.04. The molecule has 0 unspecified atom stereocenters. The van der Waals surface area contributed by atoms with Crippen LogP contribution in [0.25, 0.3) is 5.65 Å². The Morgan fingerprint density at radius 3 is 2.88 bits per heavy atom. The zero-order valence-corrected chi connectivity index (χ0v) is 11.2. The summed E-state index contributed by atoms with van der Waals surface area (Å²) in [7, 11) is 0. The average Bonchev–Trinajstić information content (AvgIpc) is 2.59. The number of rotatable bonds is 3. The van der Waals surface area contributed by atoms with Gasteiger partial charge in [-0.3, -0.25) is 4.40 Å². The van der Waals surface area contributed by atoms with E-state index in [4.69, 9.17) is 5.73 Å². The molecule has 0 spiro atoms. The Hall–Kier alpha value is -1.03. The summed E-state index contributed by atoms with van der Waals surface area (Å²) in [4.78, 5) is 4.57. The minimum Gasteiger partial charge on any atom is -0.383 e. The molecule has 0 amide bonds. The molecule has 2 N–H and O–H groups in total. The van der Waals surface area contributed by atoms with E-state index < -0.39 is 0 Å². The fraction of sp³-hybridized carbons (Fsp3) is 0.417. The van der Waals surface area contributed by atoms with Crippen LogP contribution < -0.4 is 5.73 Å². The van der Waals surface area contributed by atoms with E-state index in [-0.39, 0.29) is 0 Å². The van der Waals surface area contributed by atoms with Gasteiger partial charge in [-0.2, -0.15) is 0 Å². The number of pyridine rings is 1. The van der Waals surface area contributed by atoms with E-state index in [1.165, 1.54) is 0 Å². The van der Waals surface area contributed by atoms with Crippen LogP contribution in [0.1, 0.15) is 31.2 Å². The molecule has 86 valence electrons. The molecule has 3 nitrogen and oxygen atoms in total. The summed E-state index contributed by atoms with van der Waals surface area (Å²) in [5.74, 6) is 0.780. The van der Waals surface area contributed by atoms with E-state index in [0.717, 1.165) is 46.6 Å². The Morgan fingerprint density at radius 1 is 1.44 bits per heavy atom. The molecule has 4 heteroatoms. The maximum atomic E-state index is 6.13. The van der Waals surface area contributed by atoms with Crippen molar-refractivity contribution in [3.8, 4) is 0 Å². The second kappa shape index (κ2) is 4.45. The number of hydrogen-bond acceptors (Lipinski definition) is 2. The number of nitrogens with zero attached hydrogens (tertiary/aromatic N) is 2. The maximum absolute atomic E-state index is 6.13. The van der Waals surface area contributed by atoms with E-state index >= 15 is 0 Å². The van der Waals surface area contributed by atoms with E-state index in [1.54, 1.807) is 0 Å². The van der Waals surface area contributed by atoms with Crippen LogP contribution in [0, 0.1) is 6.92 Å². The van der Waals surface area contributed by atoms with Crippen LogP contribution in [0.2, 0.25) is 0 Å². The van der Waals surface area contributed by atoms with Crippen molar-refractivity contribution in [2.24, 2.45) is 0 Å². The maximum Gasteiger partial charge on any atom is 0.138 e. The van der Waals surface area contributed by atoms with E-state index in [0.29, 0.717) is 0 Å². The fourth-order valence-electron chi connectivity index (χ4n) is 1.87. The monoisotopic (exact) mass is 281 g/mol. The van der Waals surface area contributed by atoms with E-state index in [2.05, 4.69) is 27.8 Å². The van der Waals surface area contributed by atoms with Crippen LogP contribution >= 0.6 is 15.9 Å². The molecule has 0 aromatic carbocycles. The van der Waals surface area contributed by atoms with Gasteiger partial charge in [-0.15, -0.1) is 0 Å². The molecule has 0 aliphatic heterocycles. The first-order valence-corrected chi connectivity index (χ1v) is 6.36. The van der Waals surface area contributed by atoms with Crippen molar-refractivity contribution in [1.82, 2.24) is 9.38 Å². The summed E-state index contributed by atoms with van der Waals surface area (Å²) in [5.41, 5.74) is 9.18. The summed E-state index contributed by atoms with van der Waals surface area (Å²) < 4.78 is 3.07. The zero-order chi connectivity index (χ0) is 11.7. The molecule has 2 rings (SSSR count). The number of aryl methyl sites for hydroxylation is 2. The third kappa shape index (κ3) is 1.82. The zero-order valence-electron chi connectivity index (χ0n) is 9.63. The van der Waals surface area contributed by atoms with Gasteiger partial charge in [0.05, 0.1) is 5.69 Å². The number of unbranched alkanes of at least 4 members (excludes halogenated alkanes) is 1. The van der Waals surface area contributed by atoms with Gasteiger partial charge in [0.25, 0.3) is 0 Å². The lowest BCUT2D eigenvalue weighted by Crippen LogP contribution is -1.99. The molecule has 0 saturated carbocycles. The predicted octanol–water partition coefficient (Wildman–Crippen LogP) is 3.33. The molecule has 0 saturated heterocycles. The molecule has 0 fully saturated rings. The van der Waals surface area contributed by atoms with Crippen LogP contribution in [0.3, 0.4) is 0 Å². The van der Waals surface area contributed by atoms with Gasteiger partial charge in [-0.1, -0.05) is 13.3 Å². The van der Waals surface area contributed by atoms with Gasteiger partial charge in [0.1, 0.15) is 11.5 Å². The SMILES string of the molecule is CCCCc1nc2ccc(Br)c(C)n2c1N. The Labute approximate surface area is 104 Å². The van der Waals surface area contributed by atoms with Gasteiger partial charge >= 0.3 is 0 Å². The normalized spacial score (nSPS) is 11.2. The summed E-state index contributed by atoms with van der Waals surface area (Å²) in [6.07, 6.45) is 3.26.